The predicted molar refractivity (Wildman–Crippen MR) is 76.5 cm³/mol. The van der Waals surface area contributed by atoms with Crippen LogP contribution in [-0.4, -0.2) is 28.5 Å². The zero-order valence-corrected chi connectivity index (χ0v) is 11.1. The first-order valence-electron chi connectivity index (χ1n) is 6.36. The molecule has 6 nitrogen and oxygen atoms in total. The van der Waals surface area contributed by atoms with Crippen LogP contribution in [0.2, 0.25) is 0 Å². The molecule has 6 heteroatoms. The van der Waals surface area contributed by atoms with Crippen molar-refractivity contribution >= 4 is 11.9 Å². The van der Waals surface area contributed by atoms with Gasteiger partial charge in [-0.3, -0.25) is 9.59 Å². The van der Waals surface area contributed by atoms with Crippen LogP contribution < -0.4 is 10.9 Å². The standard InChI is InChI=1S/C15H14N2O4/c18-13-12(5-2-7-16-13)14(19)17-8-6-10-3-1-4-11(9-10)15(20)21/h1-5,7,9H,6,8H2,(H,16,18)(H,17,19)(H,20,21). The highest BCUT2D eigenvalue weighted by atomic mass is 16.4. The summed E-state index contributed by atoms with van der Waals surface area (Å²) >= 11 is 0. The number of hydrogen-bond donors (Lipinski definition) is 3. The fourth-order valence-electron chi connectivity index (χ4n) is 1.88. The second-order valence-electron chi connectivity index (χ2n) is 4.42. The molecule has 0 aliphatic heterocycles. The third kappa shape index (κ3) is 3.79. The van der Waals surface area contributed by atoms with Crippen LogP contribution in [0.4, 0.5) is 0 Å². The van der Waals surface area contributed by atoms with Crippen molar-refractivity contribution in [1.29, 1.82) is 0 Å². The molecule has 0 atom stereocenters. The number of aromatic nitrogens is 1. The molecule has 0 saturated carbocycles. The molecule has 21 heavy (non-hydrogen) atoms. The molecule has 0 saturated heterocycles. The van der Waals surface area contributed by atoms with E-state index in [1.807, 2.05) is 0 Å². The molecule has 1 aromatic carbocycles. The average molecular weight is 286 g/mol. The Morgan fingerprint density at radius 3 is 2.71 bits per heavy atom. The zero-order chi connectivity index (χ0) is 15.2. The Morgan fingerprint density at radius 2 is 2.00 bits per heavy atom. The molecule has 0 aliphatic rings. The summed E-state index contributed by atoms with van der Waals surface area (Å²) in [5.74, 6) is -1.44. The van der Waals surface area contributed by atoms with Crippen molar-refractivity contribution in [2.24, 2.45) is 0 Å². The summed E-state index contributed by atoms with van der Waals surface area (Å²) < 4.78 is 0. The Morgan fingerprint density at radius 1 is 1.19 bits per heavy atom. The van der Waals surface area contributed by atoms with Crippen LogP contribution in [0, 0.1) is 0 Å². The number of nitrogens with one attached hydrogen (secondary N) is 2. The Hall–Kier alpha value is -2.89. The number of carboxylic acids is 1. The molecular formula is C15H14N2O4. The Labute approximate surface area is 120 Å². The maximum atomic E-state index is 11.8. The summed E-state index contributed by atoms with van der Waals surface area (Å²) in [5.41, 5.74) is 0.621. The van der Waals surface area contributed by atoms with Gasteiger partial charge in [-0.05, 0) is 36.2 Å². The molecule has 1 amide bonds. The van der Waals surface area contributed by atoms with Crippen LogP contribution in [-0.2, 0) is 6.42 Å². The summed E-state index contributed by atoms with van der Waals surface area (Å²) in [6, 6.07) is 9.53. The highest BCUT2D eigenvalue weighted by Gasteiger charge is 2.09. The number of H-pyrrole nitrogens is 1. The first-order valence-corrected chi connectivity index (χ1v) is 6.36. The van der Waals surface area contributed by atoms with Crippen molar-refractivity contribution < 1.29 is 14.7 Å². The zero-order valence-electron chi connectivity index (χ0n) is 11.1. The topological polar surface area (TPSA) is 99.3 Å². The largest absolute Gasteiger partial charge is 0.478 e. The molecule has 0 fully saturated rings. The second-order valence-corrected chi connectivity index (χ2v) is 4.42. The van der Waals surface area contributed by atoms with E-state index in [0.717, 1.165) is 5.56 Å². The number of carbonyl (C=O) groups excluding carboxylic acids is 1. The van der Waals surface area contributed by atoms with Gasteiger partial charge in [-0.15, -0.1) is 0 Å². The van der Waals surface area contributed by atoms with Crippen LogP contribution >= 0.6 is 0 Å². The minimum Gasteiger partial charge on any atom is -0.478 e. The fourth-order valence-corrected chi connectivity index (χ4v) is 1.88. The van der Waals surface area contributed by atoms with Crippen LogP contribution in [0.5, 0.6) is 0 Å². The predicted octanol–water partition coefficient (Wildman–Crippen LogP) is 1.05. The maximum Gasteiger partial charge on any atom is 0.335 e. The quantitative estimate of drug-likeness (QED) is 0.764. The maximum absolute atomic E-state index is 11.8. The summed E-state index contributed by atoms with van der Waals surface area (Å²) in [6.07, 6.45) is 1.94. The number of pyridine rings is 1. The first-order chi connectivity index (χ1) is 10.1. The number of rotatable bonds is 5. The van der Waals surface area contributed by atoms with Gasteiger partial charge >= 0.3 is 5.97 Å². The number of hydrogen-bond acceptors (Lipinski definition) is 3. The first kappa shape index (κ1) is 14.5. The van der Waals surface area contributed by atoms with Crippen molar-refractivity contribution in [3.05, 3.63) is 69.6 Å². The van der Waals surface area contributed by atoms with Crippen LogP contribution in [0.3, 0.4) is 0 Å². The number of aromatic carboxylic acids is 1. The summed E-state index contributed by atoms with van der Waals surface area (Å²) in [5, 5.41) is 11.5. The van der Waals surface area contributed by atoms with Gasteiger partial charge in [0.2, 0.25) is 0 Å². The van der Waals surface area contributed by atoms with Crippen LogP contribution in [0.1, 0.15) is 26.3 Å². The van der Waals surface area contributed by atoms with Gasteiger partial charge in [0.25, 0.3) is 11.5 Å². The molecule has 2 rings (SSSR count). The van der Waals surface area contributed by atoms with Gasteiger partial charge in [-0.1, -0.05) is 12.1 Å². The van der Waals surface area contributed by atoms with E-state index in [4.69, 9.17) is 5.11 Å². The third-order valence-corrected chi connectivity index (χ3v) is 2.94. The normalized spacial score (nSPS) is 10.1. The molecule has 2 aromatic rings. The summed E-state index contributed by atoms with van der Waals surface area (Å²) in [7, 11) is 0. The lowest BCUT2D eigenvalue weighted by Gasteiger charge is -2.05. The van der Waals surface area contributed by atoms with Crippen LogP contribution in [0.25, 0.3) is 0 Å². The molecule has 0 unspecified atom stereocenters. The Balaban J connectivity index is 1.94. The number of benzene rings is 1. The van der Waals surface area contributed by atoms with Crippen molar-refractivity contribution in [2.45, 2.75) is 6.42 Å². The van der Waals surface area contributed by atoms with Gasteiger partial charge in [0.05, 0.1) is 5.56 Å². The van der Waals surface area contributed by atoms with Gasteiger partial charge in [-0.2, -0.15) is 0 Å². The highest BCUT2D eigenvalue weighted by molar-refractivity contribution is 5.93. The van der Waals surface area contributed by atoms with E-state index in [-0.39, 0.29) is 11.1 Å². The highest BCUT2D eigenvalue weighted by Crippen LogP contribution is 2.05. The molecule has 3 N–H and O–H groups in total. The third-order valence-electron chi connectivity index (χ3n) is 2.94. The van der Waals surface area contributed by atoms with Gasteiger partial charge in [0.15, 0.2) is 0 Å². The molecule has 0 radical (unpaired) electrons. The lowest BCUT2D eigenvalue weighted by atomic mass is 10.1. The number of aromatic amines is 1. The monoisotopic (exact) mass is 286 g/mol. The number of amides is 1. The van der Waals surface area contributed by atoms with Crippen molar-refractivity contribution in [2.75, 3.05) is 6.54 Å². The van der Waals surface area contributed by atoms with Crippen LogP contribution in [0.15, 0.2) is 47.4 Å². The van der Waals surface area contributed by atoms with Gasteiger partial charge in [0.1, 0.15) is 5.56 Å². The average Bonchev–Trinajstić information content (AvgIpc) is 2.48. The smallest absolute Gasteiger partial charge is 0.335 e. The molecule has 0 aliphatic carbocycles. The van der Waals surface area contributed by atoms with E-state index in [2.05, 4.69) is 10.3 Å². The van der Waals surface area contributed by atoms with E-state index in [0.29, 0.717) is 13.0 Å². The minimum atomic E-state index is -0.989. The van der Waals surface area contributed by atoms with Crippen molar-refractivity contribution in [3.63, 3.8) is 0 Å². The second kappa shape index (κ2) is 6.51. The minimum absolute atomic E-state index is 0.0526. The molecule has 0 bridgehead atoms. The Kier molecular flexibility index (Phi) is 4.50. The Bertz CT molecular complexity index is 721. The number of carboxylic acid groups (broad SMARTS) is 1. The summed E-state index contributed by atoms with van der Waals surface area (Å²) in [6.45, 7) is 0.316. The van der Waals surface area contributed by atoms with E-state index in [9.17, 15) is 14.4 Å². The molecule has 1 aromatic heterocycles. The van der Waals surface area contributed by atoms with E-state index >= 15 is 0 Å². The van der Waals surface area contributed by atoms with Crippen molar-refractivity contribution in [1.82, 2.24) is 10.3 Å². The van der Waals surface area contributed by atoms with E-state index in [1.54, 1.807) is 24.3 Å². The SMILES string of the molecule is O=C(O)c1cccc(CCNC(=O)c2ccc[nH]c2=O)c1. The molecular weight excluding hydrogens is 272 g/mol. The van der Waals surface area contributed by atoms with Gasteiger partial charge in [0, 0.05) is 12.7 Å². The van der Waals surface area contributed by atoms with E-state index < -0.39 is 17.4 Å². The van der Waals surface area contributed by atoms with E-state index in [1.165, 1.54) is 18.3 Å². The molecule has 108 valence electrons. The molecule has 0 spiro atoms. The number of carbonyl (C=O) groups is 2. The summed E-state index contributed by atoms with van der Waals surface area (Å²) in [4.78, 5) is 36.5. The van der Waals surface area contributed by atoms with Gasteiger partial charge < -0.3 is 15.4 Å². The van der Waals surface area contributed by atoms with Gasteiger partial charge in [-0.25, -0.2) is 4.79 Å². The lowest BCUT2D eigenvalue weighted by Crippen LogP contribution is -2.30. The fraction of sp³-hybridized carbons (Fsp3) is 0.133. The molecule has 1 heterocycles. The van der Waals surface area contributed by atoms with Crippen molar-refractivity contribution in [3.8, 4) is 0 Å². The lowest BCUT2D eigenvalue weighted by molar-refractivity contribution is 0.0696.